The van der Waals surface area contributed by atoms with Gasteiger partial charge in [-0.05, 0) is 0 Å². The Kier molecular flexibility index (Phi) is 7.61. The lowest BCUT2D eigenvalue weighted by atomic mass is 10.2. The summed E-state index contributed by atoms with van der Waals surface area (Å²) in [4.78, 5) is 21.9. The zero-order chi connectivity index (χ0) is 12.6. The number of aliphatic carboxylic acids is 1. The van der Waals surface area contributed by atoms with Gasteiger partial charge in [-0.15, -0.1) is 6.58 Å². The number of carboxylic acids is 1. The summed E-state index contributed by atoms with van der Waals surface area (Å²) in [5, 5.41) is 19.4. The Bertz CT molecular complexity index is 260. The average molecular weight is 248 g/mol. The van der Waals surface area contributed by atoms with Crippen LogP contribution in [0.4, 0.5) is 0 Å². The van der Waals surface area contributed by atoms with Crippen LogP contribution in [0, 0.1) is 0 Å². The summed E-state index contributed by atoms with van der Waals surface area (Å²) < 4.78 is 0. The molecule has 0 saturated heterocycles. The largest absolute Gasteiger partial charge is 0.480 e. The molecule has 0 aromatic heterocycles. The van der Waals surface area contributed by atoms with E-state index in [1.54, 1.807) is 6.08 Å². The van der Waals surface area contributed by atoms with Crippen LogP contribution in [0.1, 0.15) is 0 Å². The molecule has 0 aliphatic rings. The summed E-state index contributed by atoms with van der Waals surface area (Å²) in [5.74, 6) is -0.835. The third-order valence-electron chi connectivity index (χ3n) is 1.67. The molecule has 0 heterocycles. The fraction of sp³-hybridized carbons (Fsp3) is 0.556. The maximum Gasteiger partial charge on any atom is 0.328 e. The molecular weight excluding hydrogens is 232 g/mol. The van der Waals surface area contributed by atoms with E-state index in [1.165, 1.54) is 11.8 Å². The summed E-state index contributed by atoms with van der Waals surface area (Å²) >= 11 is 1.42. The van der Waals surface area contributed by atoms with Gasteiger partial charge in [0.05, 0.1) is 12.6 Å². The van der Waals surface area contributed by atoms with E-state index in [2.05, 4.69) is 11.9 Å². The van der Waals surface area contributed by atoms with Crippen LogP contribution < -0.4 is 11.1 Å². The second-order valence-electron chi connectivity index (χ2n) is 3.01. The Morgan fingerprint density at radius 2 is 2.19 bits per heavy atom. The summed E-state index contributed by atoms with van der Waals surface area (Å²) in [6.07, 6.45) is 1.68. The molecule has 0 aromatic carbocycles. The van der Waals surface area contributed by atoms with Crippen molar-refractivity contribution in [3.05, 3.63) is 12.7 Å². The molecule has 1 amide bonds. The van der Waals surface area contributed by atoms with Crippen molar-refractivity contribution in [2.45, 2.75) is 12.1 Å². The Balaban J connectivity index is 4.02. The Hall–Kier alpha value is -1.05. The lowest BCUT2D eigenvalue weighted by Crippen LogP contribution is -2.50. The van der Waals surface area contributed by atoms with E-state index in [1.807, 2.05) is 0 Å². The highest BCUT2D eigenvalue weighted by Gasteiger charge is 2.22. The van der Waals surface area contributed by atoms with Gasteiger partial charge in [0.15, 0.2) is 0 Å². The van der Waals surface area contributed by atoms with Crippen LogP contribution in [0.2, 0.25) is 0 Å². The lowest BCUT2D eigenvalue weighted by Gasteiger charge is -2.15. The van der Waals surface area contributed by atoms with E-state index in [9.17, 15) is 9.59 Å². The first-order valence-electron chi connectivity index (χ1n) is 4.61. The van der Waals surface area contributed by atoms with Crippen molar-refractivity contribution in [3.8, 4) is 0 Å². The predicted molar refractivity (Wildman–Crippen MR) is 62.1 cm³/mol. The third-order valence-corrected chi connectivity index (χ3v) is 2.73. The molecule has 0 fully saturated rings. The molecule has 0 spiro atoms. The Morgan fingerprint density at radius 3 is 2.62 bits per heavy atom. The van der Waals surface area contributed by atoms with Gasteiger partial charge in [0, 0.05) is 11.5 Å². The fourth-order valence-corrected chi connectivity index (χ4v) is 1.53. The molecule has 1 unspecified atom stereocenters. The third kappa shape index (κ3) is 5.74. The highest BCUT2D eigenvalue weighted by atomic mass is 32.2. The number of amides is 1. The van der Waals surface area contributed by atoms with E-state index in [-0.39, 0.29) is 0 Å². The van der Waals surface area contributed by atoms with Crippen molar-refractivity contribution in [3.63, 3.8) is 0 Å². The van der Waals surface area contributed by atoms with Crippen LogP contribution in [0.3, 0.4) is 0 Å². The maximum atomic E-state index is 11.4. The molecule has 0 bridgehead atoms. The van der Waals surface area contributed by atoms with Crippen molar-refractivity contribution in [2.24, 2.45) is 5.73 Å². The molecule has 0 rings (SSSR count). The van der Waals surface area contributed by atoms with Gasteiger partial charge in [-0.2, -0.15) is 11.8 Å². The maximum absolute atomic E-state index is 11.4. The summed E-state index contributed by atoms with van der Waals surface area (Å²) in [5.41, 5.74) is 5.52. The van der Waals surface area contributed by atoms with E-state index in [0.717, 1.165) is 0 Å². The number of aliphatic hydroxyl groups is 1. The van der Waals surface area contributed by atoms with Gasteiger partial charge in [-0.25, -0.2) is 4.79 Å². The molecule has 0 aliphatic heterocycles. The van der Waals surface area contributed by atoms with Crippen molar-refractivity contribution >= 4 is 23.6 Å². The van der Waals surface area contributed by atoms with Crippen molar-refractivity contribution in [2.75, 3.05) is 18.1 Å². The van der Waals surface area contributed by atoms with Gasteiger partial charge in [0.2, 0.25) is 5.91 Å². The normalized spacial score (nSPS) is 13.9. The van der Waals surface area contributed by atoms with E-state index < -0.39 is 30.6 Å². The van der Waals surface area contributed by atoms with Gasteiger partial charge in [-0.3, -0.25) is 4.79 Å². The zero-order valence-electron chi connectivity index (χ0n) is 8.76. The minimum Gasteiger partial charge on any atom is -0.480 e. The molecule has 6 nitrogen and oxygen atoms in total. The number of carboxylic acid groups (broad SMARTS) is 1. The summed E-state index contributed by atoms with van der Waals surface area (Å²) in [6.45, 7) is 2.86. The molecule has 5 N–H and O–H groups in total. The van der Waals surface area contributed by atoms with Crippen LogP contribution in [0.25, 0.3) is 0 Å². The van der Waals surface area contributed by atoms with Crippen LogP contribution in [0.15, 0.2) is 12.7 Å². The summed E-state index contributed by atoms with van der Waals surface area (Å²) in [6, 6.07) is -2.10. The predicted octanol–water partition coefficient (Wildman–Crippen LogP) is -1.21. The highest BCUT2D eigenvalue weighted by molar-refractivity contribution is 7.99. The van der Waals surface area contributed by atoms with Crippen LogP contribution in [0.5, 0.6) is 0 Å². The number of nitrogens with one attached hydrogen (secondary N) is 1. The fourth-order valence-electron chi connectivity index (χ4n) is 0.818. The number of thioether (sulfide) groups is 1. The SMILES string of the molecule is C=CCSCC(N)C(=O)N[C@@H](CO)C(=O)O. The number of hydrogen-bond acceptors (Lipinski definition) is 5. The molecule has 16 heavy (non-hydrogen) atoms. The molecule has 0 aliphatic carbocycles. The molecule has 0 saturated carbocycles. The van der Waals surface area contributed by atoms with Crippen LogP contribution >= 0.6 is 11.8 Å². The first-order chi connectivity index (χ1) is 7.52. The number of rotatable bonds is 8. The number of hydrogen-bond donors (Lipinski definition) is 4. The molecule has 0 aromatic rings. The van der Waals surface area contributed by atoms with Crippen molar-refractivity contribution in [1.82, 2.24) is 5.32 Å². The molecule has 2 atom stereocenters. The van der Waals surface area contributed by atoms with Gasteiger partial charge in [0.1, 0.15) is 6.04 Å². The number of aliphatic hydroxyl groups excluding tert-OH is 1. The highest BCUT2D eigenvalue weighted by Crippen LogP contribution is 2.01. The van der Waals surface area contributed by atoms with Crippen molar-refractivity contribution in [1.29, 1.82) is 0 Å². The quantitative estimate of drug-likeness (QED) is 0.317. The van der Waals surface area contributed by atoms with E-state index in [4.69, 9.17) is 15.9 Å². The summed E-state index contributed by atoms with van der Waals surface area (Å²) in [7, 11) is 0. The standard InChI is InChI=1S/C9H16N2O4S/c1-2-3-16-5-6(10)8(13)11-7(4-12)9(14)15/h2,6-7,12H,1,3-5,10H2,(H,11,13)(H,14,15)/t6?,7-/m0/s1. The van der Waals surface area contributed by atoms with Gasteiger partial charge in [0.25, 0.3) is 0 Å². The Labute approximate surface area is 97.9 Å². The monoisotopic (exact) mass is 248 g/mol. The smallest absolute Gasteiger partial charge is 0.328 e. The molecule has 92 valence electrons. The van der Waals surface area contributed by atoms with Crippen LogP contribution in [-0.2, 0) is 9.59 Å². The van der Waals surface area contributed by atoms with Gasteiger partial charge in [-0.1, -0.05) is 6.08 Å². The number of carbonyl (C=O) groups is 2. The molecule has 7 heteroatoms. The molecule has 0 radical (unpaired) electrons. The Morgan fingerprint density at radius 1 is 1.56 bits per heavy atom. The van der Waals surface area contributed by atoms with Crippen LogP contribution in [-0.4, -0.2) is 52.3 Å². The number of carbonyl (C=O) groups excluding carboxylic acids is 1. The second-order valence-corrected chi connectivity index (χ2v) is 4.09. The first-order valence-corrected chi connectivity index (χ1v) is 5.76. The number of nitrogens with two attached hydrogens (primary N) is 1. The second kappa shape index (κ2) is 8.14. The lowest BCUT2D eigenvalue weighted by molar-refractivity contribution is -0.143. The van der Waals surface area contributed by atoms with E-state index in [0.29, 0.717) is 11.5 Å². The average Bonchev–Trinajstić information content (AvgIpc) is 2.25. The van der Waals surface area contributed by atoms with E-state index >= 15 is 0 Å². The molecular formula is C9H16N2O4S. The van der Waals surface area contributed by atoms with Crippen molar-refractivity contribution < 1.29 is 19.8 Å². The first kappa shape index (κ1) is 14.9. The minimum atomic E-state index is -1.30. The topological polar surface area (TPSA) is 113 Å². The zero-order valence-corrected chi connectivity index (χ0v) is 9.57. The van der Waals surface area contributed by atoms with Gasteiger partial charge < -0.3 is 21.3 Å². The van der Waals surface area contributed by atoms with Gasteiger partial charge >= 0.3 is 5.97 Å². The minimum absolute atomic E-state index is 0.371.